The smallest absolute Gasteiger partial charge is 0.0153 e. The summed E-state index contributed by atoms with van der Waals surface area (Å²) in [7, 11) is 0. The second kappa shape index (κ2) is 5.75. The van der Waals surface area contributed by atoms with Gasteiger partial charge in [0.1, 0.15) is 0 Å². The van der Waals surface area contributed by atoms with Crippen molar-refractivity contribution in [2.75, 3.05) is 6.54 Å². The summed E-state index contributed by atoms with van der Waals surface area (Å²) < 4.78 is 0. The molecule has 0 unspecified atom stereocenters. The van der Waals surface area contributed by atoms with E-state index in [-0.39, 0.29) is 1.43 Å². The zero-order valence-electron chi connectivity index (χ0n) is 11.0. The minimum absolute atomic E-state index is 0. The van der Waals surface area contributed by atoms with Crippen molar-refractivity contribution >= 4 is 0 Å². The fourth-order valence-electron chi connectivity index (χ4n) is 2.08. The molecule has 14 heavy (non-hydrogen) atoms. The van der Waals surface area contributed by atoms with E-state index in [9.17, 15) is 0 Å². The van der Waals surface area contributed by atoms with Gasteiger partial charge in [0.15, 0.2) is 0 Å². The molecule has 0 amide bonds. The number of rotatable bonds is 2. The molecule has 1 aliphatic rings. The number of hydrogen-bond donors (Lipinski definition) is 1. The molecule has 0 aromatic carbocycles. The van der Waals surface area contributed by atoms with Crippen molar-refractivity contribution in [2.45, 2.75) is 72.8 Å². The molecule has 1 aliphatic carbocycles. The molecule has 0 bridgehead atoms. The molecular weight excluding hydrogens is 170 g/mol. The van der Waals surface area contributed by atoms with Crippen molar-refractivity contribution in [3.63, 3.8) is 0 Å². The summed E-state index contributed by atoms with van der Waals surface area (Å²) in [5.41, 5.74) is 1.03. The van der Waals surface area contributed by atoms with Crippen LogP contribution in [0.4, 0.5) is 0 Å². The second-order valence-electron chi connectivity index (χ2n) is 5.26. The molecule has 1 N–H and O–H groups in total. The summed E-state index contributed by atoms with van der Waals surface area (Å²) in [6, 6.07) is 0. The highest BCUT2D eigenvalue weighted by molar-refractivity contribution is 4.91. The summed E-state index contributed by atoms with van der Waals surface area (Å²) in [6.45, 7) is 14.4. The van der Waals surface area contributed by atoms with Crippen molar-refractivity contribution < 1.29 is 1.43 Å². The van der Waals surface area contributed by atoms with Gasteiger partial charge in [-0.2, -0.15) is 0 Å². The van der Waals surface area contributed by atoms with Crippen LogP contribution in [0.5, 0.6) is 0 Å². The van der Waals surface area contributed by atoms with Gasteiger partial charge in [0.05, 0.1) is 0 Å². The molecule has 1 saturated carbocycles. The lowest BCUT2D eigenvalue weighted by Gasteiger charge is -2.42. The first-order valence-corrected chi connectivity index (χ1v) is 6.22. The van der Waals surface area contributed by atoms with Gasteiger partial charge in [-0.15, -0.1) is 0 Å². The average Bonchev–Trinajstić information content (AvgIpc) is 2.15. The van der Waals surface area contributed by atoms with E-state index in [1.54, 1.807) is 0 Å². The highest BCUT2D eigenvalue weighted by atomic mass is 15.0. The maximum Gasteiger partial charge on any atom is 0.0153 e. The molecule has 0 saturated heterocycles. The minimum Gasteiger partial charge on any atom is -0.312 e. The van der Waals surface area contributed by atoms with E-state index in [1.165, 1.54) is 25.7 Å². The van der Waals surface area contributed by atoms with Gasteiger partial charge in [-0.25, -0.2) is 0 Å². The molecule has 0 spiro atoms. The van der Waals surface area contributed by atoms with Crippen LogP contribution in [0.2, 0.25) is 0 Å². The standard InChI is InChI=1S/C11H23N.C2H6.H2/c1-5-12-11(4)8-6-10(2,3)7-9-11;1-2;/h12H,5-9H2,1-4H3;1-2H3;1H. The Morgan fingerprint density at radius 3 is 1.79 bits per heavy atom. The second-order valence-corrected chi connectivity index (χ2v) is 5.26. The minimum atomic E-state index is 0. The fraction of sp³-hybridized carbons (Fsp3) is 1.00. The van der Waals surface area contributed by atoms with Crippen LogP contribution in [-0.2, 0) is 0 Å². The summed E-state index contributed by atoms with van der Waals surface area (Å²) in [4.78, 5) is 0. The van der Waals surface area contributed by atoms with Gasteiger partial charge in [0.2, 0.25) is 0 Å². The van der Waals surface area contributed by atoms with Crippen LogP contribution in [0, 0.1) is 5.41 Å². The Morgan fingerprint density at radius 1 is 1.00 bits per heavy atom. The van der Waals surface area contributed by atoms with Crippen LogP contribution in [-0.4, -0.2) is 12.1 Å². The Balaban J connectivity index is 0. The number of nitrogens with one attached hydrogen (secondary N) is 1. The normalized spacial score (nSPS) is 23.6. The van der Waals surface area contributed by atoms with E-state index in [0.29, 0.717) is 11.0 Å². The van der Waals surface area contributed by atoms with Gasteiger partial charge < -0.3 is 5.32 Å². The molecule has 1 nitrogen and oxygen atoms in total. The summed E-state index contributed by atoms with van der Waals surface area (Å²) >= 11 is 0. The highest BCUT2D eigenvalue weighted by Gasteiger charge is 2.33. The highest BCUT2D eigenvalue weighted by Crippen LogP contribution is 2.39. The Labute approximate surface area is 92.2 Å². The SMILES string of the molecule is CC.CCNC1(C)CCC(C)(C)CC1.[HH]. The molecule has 0 aliphatic heterocycles. The van der Waals surface area contributed by atoms with Crippen molar-refractivity contribution in [1.29, 1.82) is 0 Å². The lowest BCUT2D eigenvalue weighted by molar-refractivity contribution is 0.149. The first-order valence-electron chi connectivity index (χ1n) is 6.22. The lowest BCUT2D eigenvalue weighted by Crippen LogP contribution is -2.46. The van der Waals surface area contributed by atoms with Gasteiger partial charge in [-0.05, 0) is 44.6 Å². The zero-order valence-corrected chi connectivity index (χ0v) is 11.0. The Morgan fingerprint density at radius 2 is 1.43 bits per heavy atom. The van der Waals surface area contributed by atoms with Crippen LogP contribution < -0.4 is 5.32 Å². The van der Waals surface area contributed by atoms with E-state index in [2.05, 4.69) is 33.0 Å². The largest absolute Gasteiger partial charge is 0.312 e. The quantitative estimate of drug-likeness (QED) is 0.705. The molecule has 0 aromatic rings. The topological polar surface area (TPSA) is 12.0 Å². The molecule has 0 radical (unpaired) electrons. The van der Waals surface area contributed by atoms with Gasteiger partial charge in [0.25, 0.3) is 0 Å². The van der Waals surface area contributed by atoms with Crippen LogP contribution in [0.25, 0.3) is 0 Å². The predicted molar refractivity (Wildman–Crippen MR) is 67.8 cm³/mol. The molecule has 1 fully saturated rings. The predicted octanol–water partition coefficient (Wildman–Crippen LogP) is 4.23. The lowest BCUT2D eigenvalue weighted by atomic mass is 9.70. The van der Waals surface area contributed by atoms with Crippen LogP contribution in [0.1, 0.15) is 68.7 Å². The van der Waals surface area contributed by atoms with E-state index >= 15 is 0 Å². The van der Waals surface area contributed by atoms with E-state index in [4.69, 9.17) is 0 Å². The molecule has 1 heteroatoms. The third-order valence-electron chi connectivity index (χ3n) is 3.31. The summed E-state index contributed by atoms with van der Waals surface area (Å²) in [5.74, 6) is 0. The van der Waals surface area contributed by atoms with Crippen LogP contribution in [0.3, 0.4) is 0 Å². The Hall–Kier alpha value is -0.0400. The van der Waals surface area contributed by atoms with Gasteiger partial charge in [-0.3, -0.25) is 0 Å². The molecule has 0 atom stereocenters. The number of hydrogen-bond acceptors (Lipinski definition) is 1. The average molecular weight is 201 g/mol. The third kappa shape index (κ3) is 4.45. The monoisotopic (exact) mass is 201 g/mol. The molecule has 0 aromatic heterocycles. The zero-order chi connectivity index (χ0) is 11.2. The Kier molecular flexibility index (Phi) is 5.73. The Bertz CT molecular complexity index is 145. The fourth-order valence-corrected chi connectivity index (χ4v) is 2.08. The summed E-state index contributed by atoms with van der Waals surface area (Å²) in [6.07, 6.45) is 5.43. The van der Waals surface area contributed by atoms with Gasteiger partial charge in [0, 0.05) is 6.97 Å². The van der Waals surface area contributed by atoms with Crippen molar-refractivity contribution in [3.8, 4) is 0 Å². The molecule has 88 valence electrons. The third-order valence-corrected chi connectivity index (χ3v) is 3.31. The summed E-state index contributed by atoms with van der Waals surface area (Å²) in [5, 5.41) is 3.60. The van der Waals surface area contributed by atoms with Crippen LogP contribution >= 0.6 is 0 Å². The maximum atomic E-state index is 3.60. The van der Waals surface area contributed by atoms with Crippen molar-refractivity contribution in [1.82, 2.24) is 5.32 Å². The van der Waals surface area contributed by atoms with E-state index in [1.807, 2.05) is 13.8 Å². The maximum absolute atomic E-state index is 3.60. The van der Waals surface area contributed by atoms with E-state index in [0.717, 1.165) is 6.54 Å². The van der Waals surface area contributed by atoms with Gasteiger partial charge >= 0.3 is 0 Å². The van der Waals surface area contributed by atoms with Crippen molar-refractivity contribution in [2.24, 2.45) is 5.41 Å². The molecule has 1 rings (SSSR count). The van der Waals surface area contributed by atoms with Gasteiger partial charge in [-0.1, -0.05) is 34.6 Å². The van der Waals surface area contributed by atoms with E-state index < -0.39 is 0 Å². The molecular formula is C13H31N. The van der Waals surface area contributed by atoms with Crippen LogP contribution in [0.15, 0.2) is 0 Å². The van der Waals surface area contributed by atoms with Crippen molar-refractivity contribution in [3.05, 3.63) is 0 Å². The first-order chi connectivity index (χ1) is 6.47. The first kappa shape index (κ1) is 14.0. The molecule has 0 heterocycles.